The highest BCUT2D eigenvalue weighted by Crippen LogP contribution is 2.20. The van der Waals surface area contributed by atoms with E-state index in [0.29, 0.717) is 18.2 Å². The molecule has 0 fully saturated rings. The number of fused-ring (bicyclic) bond motifs is 1. The molecule has 1 aromatic carbocycles. The first-order valence-electron chi connectivity index (χ1n) is 7.52. The van der Waals surface area contributed by atoms with Gasteiger partial charge in [-0.25, -0.2) is 0 Å². The average Bonchev–Trinajstić information content (AvgIpc) is 3.03. The van der Waals surface area contributed by atoms with Crippen molar-refractivity contribution in [3.05, 3.63) is 47.2 Å². The van der Waals surface area contributed by atoms with Crippen molar-refractivity contribution in [2.45, 2.75) is 12.6 Å². The van der Waals surface area contributed by atoms with Crippen LogP contribution in [0.15, 0.2) is 36.5 Å². The number of aromatic nitrogens is 2. The van der Waals surface area contributed by atoms with Crippen LogP contribution in [0.5, 0.6) is 5.75 Å². The number of amides is 1. The molecular weight excluding hydrogens is 316 g/mol. The first-order chi connectivity index (χ1) is 11.2. The molecule has 1 aliphatic heterocycles. The van der Waals surface area contributed by atoms with Crippen molar-refractivity contribution in [1.82, 2.24) is 20.0 Å². The third kappa shape index (κ3) is 3.65. The van der Waals surface area contributed by atoms with Gasteiger partial charge in [-0.15, -0.1) is 0 Å². The smallest absolute Gasteiger partial charge is 0.245 e. The van der Waals surface area contributed by atoms with Crippen LogP contribution in [0.2, 0.25) is 5.02 Å². The lowest BCUT2D eigenvalue weighted by Crippen LogP contribution is -2.45. The molecule has 122 valence electrons. The standard InChI is InChI=1S/C16H19ClN4O2/c1-18-16(22)15-11-20(10-13-6-7-19-21(13)15)8-9-23-14-4-2-12(17)3-5-14/h2-7,15H,8-11H2,1H3,(H,18,22)/t15-/m0/s1. The number of carbonyl (C=O) groups is 1. The van der Waals surface area contributed by atoms with Gasteiger partial charge in [0.15, 0.2) is 0 Å². The second kappa shape index (κ2) is 7.02. The van der Waals surface area contributed by atoms with Crippen molar-refractivity contribution in [2.75, 3.05) is 26.7 Å². The Kier molecular flexibility index (Phi) is 4.83. The van der Waals surface area contributed by atoms with E-state index in [2.05, 4.69) is 15.3 Å². The van der Waals surface area contributed by atoms with Crippen LogP contribution < -0.4 is 10.1 Å². The first-order valence-corrected chi connectivity index (χ1v) is 7.90. The fraction of sp³-hybridized carbons (Fsp3) is 0.375. The maximum Gasteiger partial charge on any atom is 0.245 e. The third-order valence-corrected chi connectivity index (χ3v) is 4.16. The van der Waals surface area contributed by atoms with Gasteiger partial charge in [0.05, 0.1) is 5.69 Å². The van der Waals surface area contributed by atoms with Gasteiger partial charge in [-0.3, -0.25) is 14.4 Å². The summed E-state index contributed by atoms with van der Waals surface area (Å²) < 4.78 is 7.53. The average molecular weight is 335 g/mol. The van der Waals surface area contributed by atoms with Crippen molar-refractivity contribution in [3.8, 4) is 5.75 Å². The highest BCUT2D eigenvalue weighted by atomic mass is 35.5. The Morgan fingerprint density at radius 3 is 2.91 bits per heavy atom. The maximum atomic E-state index is 12.1. The number of hydrogen-bond acceptors (Lipinski definition) is 4. The van der Waals surface area contributed by atoms with Gasteiger partial charge in [0.1, 0.15) is 18.4 Å². The van der Waals surface area contributed by atoms with Crippen molar-refractivity contribution in [3.63, 3.8) is 0 Å². The van der Waals surface area contributed by atoms with Crippen LogP contribution in [0, 0.1) is 0 Å². The first kappa shape index (κ1) is 15.8. The molecule has 1 N–H and O–H groups in total. The summed E-state index contributed by atoms with van der Waals surface area (Å²) >= 11 is 5.85. The zero-order chi connectivity index (χ0) is 16.2. The van der Waals surface area contributed by atoms with E-state index in [1.807, 2.05) is 18.2 Å². The number of likely N-dealkylation sites (N-methyl/N-ethyl adjacent to an activating group) is 1. The zero-order valence-electron chi connectivity index (χ0n) is 12.9. The summed E-state index contributed by atoms with van der Waals surface area (Å²) in [4.78, 5) is 14.3. The minimum absolute atomic E-state index is 0.0294. The van der Waals surface area contributed by atoms with Crippen LogP contribution in [0.1, 0.15) is 11.7 Å². The summed E-state index contributed by atoms with van der Waals surface area (Å²) in [6.45, 7) is 2.67. The number of halogens is 1. The largest absolute Gasteiger partial charge is 0.492 e. The lowest BCUT2D eigenvalue weighted by Gasteiger charge is -2.32. The predicted octanol–water partition coefficient (Wildman–Crippen LogP) is 1.72. The molecule has 1 amide bonds. The van der Waals surface area contributed by atoms with Gasteiger partial charge in [-0.2, -0.15) is 5.10 Å². The normalized spacial score (nSPS) is 17.6. The number of benzene rings is 1. The van der Waals surface area contributed by atoms with Crippen LogP contribution in [-0.2, 0) is 11.3 Å². The van der Waals surface area contributed by atoms with Gasteiger partial charge in [-0.05, 0) is 30.3 Å². The summed E-state index contributed by atoms with van der Waals surface area (Å²) in [5.74, 6) is 0.762. The fourth-order valence-electron chi connectivity index (χ4n) is 2.72. The number of hydrogen-bond donors (Lipinski definition) is 1. The molecule has 0 spiro atoms. The third-order valence-electron chi connectivity index (χ3n) is 3.90. The molecule has 1 aliphatic rings. The minimum atomic E-state index is -0.297. The molecule has 2 heterocycles. The Balaban J connectivity index is 1.59. The molecule has 3 rings (SSSR count). The van der Waals surface area contributed by atoms with Gasteiger partial charge in [0.25, 0.3) is 0 Å². The Morgan fingerprint density at radius 1 is 1.39 bits per heavy atom. The molecule has 0 saturated heterocycles. The summed E-state index contributed by atoms with van der Waals surface area (Å²) in [5.41, 5.74) is 1.04. The Bertz CT molecular complexity index is 671. The second-order valence-corrected chi connectivity index (χ2v) is 5.87. The van der Waals surface area contributed by atoms with E-state index in [1.165, 1.54) is 0 Å². The van der Waals surface area contributed by atoms with Crippen molar-refractivity contribution >= 4 is 17.5 Å². The molecule has 0 bridgehead atoms. The molecule has 0 unspecified atom stereocenters. The van der Waals surface area contributed by atoms with Crippen LogP contribution in [0.4, 0.5) is 0 Å². The van der Waals surface area contributed by atoms with Gasteiger partial charge < -0.3 is 10.1 Å². The van der Waals surface area contributed by atoms with E-state index in [4.69, 9.17) is 16.3 Å². The maximum absolute atomic E-state index is 12.1. The van der Waals surface area contributed by atoms with Crippen molar-refractivity contribution < 1.29 is 9.53 Å². The lowest BCUT2D eigenvalue weighted by molar-refractivity contribution is -0.125. The van der Waals surface area contributed by atoms with E-state index in [0.717, 1.165) is 24.5 Å². The van der Waals surface area contributed by atoms with Crippen LogP contribution >= 0.6 is 11.6 Å². The van der Waals surface area contributed by atoms with Gasteiger partial charge in [0.2, 0.25) is 5.91 Å². The molecule has 0 aliphatic carbocycles. The predicted molar refractivity (Wildman–Crippen MR) is 87.6 cm³/mol. The van der Waals surface area contributed by atoms with Crippen LogP contribution in [0.25, 0.3) is 0 Å². The number of rotatable bonds is 5. The second-order valence-electron chi connectivity index (χ2n) is 5.43. The molecular formula is C16H19ClN4O2. The quantitative estimate of drug-likeness (QED) is 0.904. The monoisotopic (exact) mass is 334 g/mol. The molecule has 1 aromatic heterocycles. The number of nitrogens with zero attached hydrogens (tertiary/aromatic N) is 3. The summed E-state index contributed by atoms with van der Waals surface area (Å²) in [6.07, 6.45) is 1.74. The summed E-state index contributed by atoms with van der Waals surface area (Å²) in [7, 11) is 1.65. The molecule has 23 heavy (non-hydrogen) atoms. The zero-order valence-corrected chi connectivity index (χ0v) is 13.7. The Labute approximate surface area is 140 Å². The molecule has 0 radical (unpaired) electrons. The van der Waals surface area contributed by atoms with Gasteiger partial charge in [-0.1, -0.05) is 11.6 Å². The Hall–Kier alpha value is -2.05. The fourth-order valence-corrected chi connectivity index (χ4v) is 2.84. The van der Waals surface area contributed by atoms with Crippen molar-refractivity contribution in [2.24, 2.45) is 0 Å². The van der Waals surface area contributed by atoms with Crippen molar-refractivity contribution in [1.29, 1.82) is 0 Å². The number of nitrogens with one attached hydrogen (secondary N) is 1. The Morgan fingerprint density at radius 2 is 2.17 bits per heavy atom. The molecule has 0 saturated carbocycles. The van der Waals surface area contributed by atoms with Crippen LogP contribution in [-0.4, -0.2) is 47.3 Å². The molecule has 7 heteroatoms. The van der Waals surface area contributed by atoms with E-state index in [-0.39, 0.29) is 11.9 Å². The minimum Gasteiger partial charge on any atom is -0.492 e. The van der Waals surface area contributed by atoms with Crippen LogP contribution in [0.3, 0.4) is 0 Å². The van der Waals surface area contributed by atoms with E-state index in [1.54, 1.807) is 30.1 Å². The summed E-state index contributed by atoms with van der Waals surface area (Å²) in [5, 5.41) is 7.66. The van der Waals surface area contributed by atoms with Gasteiger partial charge in [0, 0.05) is 37.9 Å². The number of carbonyl (C=O) groups excluding carboxylic acids is 1. The van der Waals surface area contributed by atoms with Gasteiger partial charge >= 0.3 is 0 Å². The molecule has 6 nitrogen and oxygen atoms in total. The molecule has 2 aromatic rings. The summed E-state index contributed by atoms with van der Waals surface area (Å²) in [6, 6.07) is 8.95. The topological polar surface area (TPSA) is 59.4 Å². The number of ether oxygens (including phenoxy) is 1. The van der Waals surface area contributed by atoms with E-state index < -0.39 is 0 Å². The highest BCUT2D eigenvalue weighted by Gasteiger charge is 2.29. The van der Waals surface area contributed by atoms with E-state index in [9.17, 15) is 4.79 Å². The highest BCUT2D eigenvalue weighted by molar-refractivity contribution is 6.30. The lowest BCUT2D eigenvalue weighted by atomic mass is 10.2. The molecule has 1 atom stereocenters. The van der Waals surface area contributed by atoms with E-state index >= 15 is 0 Å². The SMILES string of the molecule is CNC(=O)[C@@H]1CN(CCOc2ccc(Cl)cc2)Cc2ccnn21.